The number of benzene rings is 1. The maximum atomic E-state index is 5.75. The van der Waals surface area contributed by atoms with Crippen molar-refractivity contribution in [2.45, 2.75) is 12.8 Å². The van der Waals surface area contributed by atoms with Gasteiger partial charge in [-0.1, -0.05) is 30.3 Å². The van der Waals surface area contributed by atoms with Crippen molar-refractivity contribution >= 4 is 0 Å². The minimum Gasteiger partial charge on any atom is -0.491 e. The first-order chi connectivity index (χ1) is 8.43. The molecule has 17 heavy (non-hydrogen) atoms. The summed E-state index contributed by atoms with van der Waals surface area (Å²) in [7, 11) is 0. The molecule has 2 aliphatic heterocycles. The third kappa shape index (κ3) is 2.19. The van der Waals surface area contributed by atoms with Crippen molar-refractivity contribution in [1.82, 2.24) is 4.90 Å². The second-order valence-corrected chi connectivity index (χ2v) is 4.14. The van der Waals surface area contributed by atoms with Crippen LogP contribution >= 0.6 is 0 Å². The van der Waals surface area contributed by atoms with Gasteiger partial charge in [0.15, 0.2) is 6.23 Å². The van der Waals surface area contributed by atoms with E-state index in [0.717, 1.165) is 12.3 Å². The van der Waals surface area contributed by atoms with Crippen molar-refractivity contribution < 1.29 is 9.47 Å². The van der Waals surface area contributed by atoms with Gasteiger partial charge in [0, 0.05) is 12.7 Å². The summed E-state index contributed by atoms with van der Waals surface area (Å²) in [5.74, 6) is 0.912. The van der Waals surface area contributed by atoms with Gasteiger partial charge in [-0.15, -0.1) is 0 Å². The first kappa shape index (κ1) is 10.4. The van der Waals surface area contributed by atoms with E-state index in [1.54, 1.807) is 0 Å². The molecule has 0 bridgehead atoms. The smallest absolute Gasteiger partial charge is 0.188 e. The predicted octanol–water partition coefficient (Wildman–Crippen LogP) is 2.27. The molecule has 0 radical (unpaired) electrons. The van der Waals surface area contributed by atoms with Gasteiger partial charge >= 0.3 is 0 Å². The van der Waals surface area contributed by atoms with Crippen LogP contribution in [0.4, 0.5) is 0 Å². The fourth-order valence-electron chi connectivity index (χ4n) is 2.12. The third-order valence-corrected chi connectivity index (χ3v) is 2.92. The van der Waals surface area contributed by atoms with Crippen LogP contribution < -0.4 is 0 Å². The summed E-state index contributed by atoms with van der Waals surface area (Å²) in [6.07, 6.45) is 5.97. The zero-order valence-corrected chi connectivity index (χ0v) is 9.58. The Morgan fingerprint density at radius 2 is 2.06 bits per heavy atom. The lowest BCUT2D eigenvalue weighted by atomic mass is 10.2. The average molecular weight is 229 g/mol. The first-order valence-electron chi connectivity index (χ1n) is 5.86. The van der Waals surface area contributed by atoms with Crippen LogP contribution in [0.3, 0.4) is 0 Å². The molecule has 88 valence electrons. The summed E-state index contributed by atoms with van der Waals surface area (Å²) in [6, 6.07) is 10.4. The molecule has 1 saturated heterocycles. The fraction of sp³-hybridized carbons (Fsp3) is 0.286. The Balaban J connectivity index is 1.76. The van der Waals surface area contributed by atoms with Crippen LogP contribution in [0.5, 0.6) is 0 Å². The molecule has 3 rings (SSSR count). The Hall–Kier alpha value is -1.74. The molecule has 0 amide bonds. The van der Waals surface area contributed by atoms with Gasteiger partial charge in [-0.25, -0.2) is 0 Å². The van der Waals surface area contributed by atoms with Gasteiger partial charge in [0.05, 0.1) is 6.61 Å². The van der Waals surface area contributed by atoms with E-state index in [9.17, 15) is 0 Å². The highest BCUT2D eigenvalue weighted by molar-refractivity contribution is 5.20. The zero-order chi connectivity index (χ0) is 11.5. The highest BCUT2D eigenvalue weighted by atomic mass is 16.6. The normalized spacial score (nSPS) is 22.7. The Bertz CT molecular complexity index is 439. The van der Waals surface area contributed by atoms with Crippen LogP contribution in [0.1, 0.15) is 5.56 Å². The topological polar surface area (TPSA) is 21.7 Å². The van der Waals surface area contributed by atoms with E-state index in [1.165, 1.54) is 5.56 Å². The van der Waals surface area contributed by atoms with Gasteiger partial charge in [0.1, 0.15) is 12.4 Å². The lowest BCUT2D eigenvalue weighted by Gasteiger charge is -2.36. The predicted molar refractivity (Wildman–Crippen MR) is 64.9 cm³/mol. The monoisotopic (exact) mass is 229 g/mol. The van der Waals surface area contributed by atoms with E-state index in [-0.39, 0.29) is 6.23 Å². The summed E-state index contributed by atoms with van der Waals surface area (Å²) < 4.78 is 11.3. The lowest BCUT2D eigenvalue weighted by molar-refractivity contribution is -0.104. The molecule has 1 aromatic carbocycles. The van der Waals surface area contributed by atoms with Crippen LogP contribution in [0.25, 0.3) is 0 Å². The van der Waals surface area contributed by atoms with Crippen molar-refractivity contribution in [3.05, 3.63) is 60.0 Å². The molecular weight excluding hydrogens is 214 g/mol. The summed E-state index contributed by atoms with van der Waals surface area (Å²) in [6.45, 7) is 2.14. The van der Waals surface area contributed by atoms with E-state index in [0.29, 0.717) is 13.2 Å². The highest BCUT2D eigenvalue weighted by Crippen LogP contribution is 2.23. The molecule has 3 heteroatoms. The number of allylic oxidation sites excluding steroid dienone is 2. The third-order valence-electron chi connectivity index (χ3n) is 2.92. The highest BCUT2D eigenvalue weighted by Gasteiger charge is 2.27. The number of ether oxygens (including phenoxy) is 2. The summed E-state index contributed by atoms with van der Waals surface area (Å²) >= 11 is 0. The minimum absolute atomic E-state index is 0.0612. The first-order valence-corrected chi connectivity index (χ1v) is 5.86. The molecular formula is C14H15NO2. The van der Waals surface area contributed by atoms with Crippen LogP contribution in [0.2, 0.25) is 0 Å². The molecule has 3 nitrogen and oxygen atoms in total. The molecule has 1 aromatic rings. The summed E-state index contributed by atoms with van der Waals surface area (Å²) in [5, 5.41) is 0. The Labute approximate surface area is 101 Å². The molecule has 0 spiro atoms. The molecule has 1 atom stereocenters. The van der Waals surface area contributed by atoms with E-state index in [4.69, 9.17) is 9.47 Å². The number of nitrogens with zero attached hydrogens (tertiary/aromatic N) is 1. The van der Waals surface area contributed by atoms with Crippen molar-refractivity contribution in [1.29, 1.82) is 0 Å². The van der Waals surface area contributed by atoms with E-state index >= 15 is 0 Å². The quantitative estimate of drug-likeness (QED) is 0.776. The largest absolute Gasteiger partial charge is 0.491 e. The molecule has 2 aliphatic rings. The molecule has 0 aliphatic carbocycles. The number of hydrogen-bond acceptors (Lipinski definition) is 3. The lowest BCUT2D eigenvalue weighted by Crippen LogP contribution is -2.40. The SMILES string of the molecule is C1=CN(Cc2ccccc2)C2OCCOC2=C1. The molecule has 1 unspecified atom stereocenters. The van der Waals surface area contributed by atoms with Crippen molar-refractivity contribution in [2.24, 2.45) is 0 Å². The zero-order valence-electron chi connectivity index (χ0n) is 9.58. The van der Waals surface area contributed by atoms with Crippen LogP contribution in [-0.2, 0) is 16.0 Å². The Morgan fingerprint density at radius 1 is 1.18 bits per heavy atom. The van der Waals surface area contributed by atoms with Gasteiger partial charge in [-0.2, -0.15) is 0 Å². The second-order valence-electron chi connectivity index (χ2n) is 4.14. The van der Waals surface area contributed by atoms with Gasteiger partial charge in [-0.3, -0.25) is 0 Å². The molecule has 0 saturated carbocycles. The summed E-state index contributed by atoms with van der Waals surface area (Å²) in [5.41, 5.74) is 1.27. The van der Waals surface area contributed by atoms with Gasteiger partial charge in [0.2, 0.25) is 0 Å². The van der Waals surface area contributed by atoms with E-state index < -0.39 is 0 Å². The van der Waals surface area contributed by atoms with Crippen molar-refractivity contribution in [3.63, 3.8) is 0 Å². The number of rotatable bonds is 2. The molecule has 0 N–H and O–H groups in total. The van der Waals surface area contributed by atoms with E-state index in [2.05, 4.69) is 35.4 Å². The van der Waals surface area contributed by atoms with Gasteiger partial charge in [0.25, 0.3) is 0 Å². The molecule has 2 heterocycles. The Kier molecular flexibility index (Phi) is 2.84. The van der Waals surface area contributed by atoms with Crippen molar-refractivity contribution in [3.8, 4) is 0 Å². The van der Waals surface area contributed by atoms with Gasteiger partial charge < -0.3 is 14.4 Å². The molecule has 0 aromatic heterocycles. The maximum absolute atomic E-state index is 5.75. The maximum Gasteiger partial charge on any atom is 0.188 e. The Morgan fingerprint density at radius 3 is 2.94 bits per heavy atom. The fourth-order valence-corrected chi connectivity index (χ4v) is 2.12. The standard InChI is InChI=1S/C14H15NO2/c1-2-5-12(6-3-1)11-15-8-4-7-13-14(15)17-10-9-16-13/h1-8,14H,9-11H2. The molecule has 1 fully saturated rings. The summed E-state index contributed by atoms with van der Waals surface area (Å²) in [4.78, 5) is 2.16. The average Bonchev–Trinajstić information content (AvgIpc) is 2.40. The second kappa shape index (κ2) is 4.63. The number of hydrogen-bond donors (Lipinski definition) is 0. The van der Waals surface area contributed by atoms with Crippen molar-refractivity contribution in [2.75, 3.05) is 13.2 Å². The van der Waals surface area contributed by atoms with Crippen LogP contribution in [0, 0.1) is 0 Å². The minimum atomic E-state index is -0.0612. The van der Waals surface area contributed by atoms with Crippen LogP contribution in [-0.4, -0.2) is 24.3 Å². The van der Waals surface area contributed by atoms with Gasteiger partial charge in [-0.05, 0) is 17.7 Å². The number of fused-ring (bicyclic) bond motifs is 1. The van der Waals surface area contributed by atoms with E-state index in [1.807, 2.05) is 18.2 Å². The van der Waals surface area contributed by atoms with Crippen LogP contribution in [0.15, 0.2) is 54.4 Å².